The van der Waals surface area contributed by atoms with Crippen molar-refractivity contribution >= 4 is 15.9 Å². The van der Waals surface area contributed by atoms with Crippen LogP contribution in [0.4, 0.5) is 0 Å². The third kappa shape index (κ3) is 4.71. The van der Waals surface area contributed by atoms with Crippen LogP contribution in [0.1, 0.15) is 44.9 Å². The Kier molecular flexibility index (Phi) is 6.55. The Bertz CT molecular complexity index is 787. The summed E-state index contributed by atoms with van der Waals surface area (Å²) in [7, 11) is -2.16. The predicted octanol–water partition coefficient (Wildman–Crippen LogP) is 2.86. The van der Waals surface area contributed by atoms with Crippen molar-refractivity contribution in [1.82, 2.24) is 9.62 Å². The average molecular weight is 393 g/mol. The number of benzene rings is 1. The molecule has 1 N–H and O–H groups in total. The van der Waals surface area contributed by atoms with Gasteiger partial charge in [0.15, 0.2) is 0 Å². The van der Waals surface area contributed by atoms with Gasteiger partial charge in [-0.05, 0) is 69.2 Å². The second-order valence-corrected chi connectivity index (χ2v) is 8.99. The highest BCUT2D eigenvalue weighted by Gasteiger charge is 2.39. The third-order valence-electron chi connectivity index (χ3n) is 5.30. The number of amides is 1. The Morgan fingerprint density at radius 3 is 2.67 bits per heavy atom. The molecule has 3 rings (SSSR count). The van der Waals surface area contributed by atoms with Crippen LogP contribution in [-0.2, 0) is 14.8 Å². The van der Waals surface area contributed by atoms with Gasteiger partial charge >= 0.3 is 0 Å². The molecule has 0 spiro atoms. The molecule has 1 amide bonds. The van der Waals surface area contributed by atoms with Crippen molar-refractivity contribution in [3.8, 4) is 5.75 Å². The molecule has 27 heavy (non-hydrogen) atoms. The Balaban J connectivity index is 1.62. The minimum atomic E-state index is -3.70. The first-order chi connectivity index (χ1) is 13.0. The van der Waals surface area contributed by atoms with Crippen molar-refractivity contribution in [3.05, 3.63) is 35.9 Å². The highest BCUT2D eigenvalue weighted by Crippen LogP contribution is 2.27. The number of ether oxygens (including phenoxy) is 1. The molecule has 2 aliphatic rings. The van der Waals surface area contributed by atoms with Crippen LogP contribution in [0.3, 0.4) is 0 Å². The quantitative estimate of drug-likeness (QED) is 0.724. The molecule has 6 nitrogen and oxygen atoms in total. The number of hydrogen-bond donors (Lipinski definition) is 1. The smallest absolute Gasteiger partial charge is 0.243 e. The zero-order valence-corrected chi connectivity index (χ0v) is 16.6. The average Bonchev–Trinajstić information content (AvgIpc) is 3.20. The van der Waals surface area contributed by atoms with Crippen molar-refractivity contribution < 1.29 is 17.9 Å². The predicted molar refractivity (Wildman–Crippen MR) is 104 cm³/mol. The summed E-state index contributed by atoms with van der Waals surface area (Å²) in [6.07, 6.45) is 9.07. The molecule has 1 atom stereocenters. The van der Waals surface area contributed by atoms with E-state index >= 15 is 0 Å². The highest BCUT2D eigenvalue weighted by molar-refractivity contribution is 7.89. The van der Waals surface area contributed by atoms with E-state index in [4.69, 9.17) is 4.74 Å². The number of nitrogens with one attached hydrogen (secondary N) is 1. The minimum absolute atomic E-state index is 0.190. The topological polar surface area (TPSA) is 75.7 Å². The summed E-state index contributed by atoms with van der Waals surface area (Å²) in [5.74, 6) is 0.405. The summed E-state index contributed by atoms with van der Waals surface area (Å²) in [5.41, 5.74) is 1.40. The van der Waals surface area contributed by atoms with Gasteiger partial charge in [0, 0.05) is 13.1 Å². The number of allylic oxidation sites excluding steroid dienone is 1. The van der Waals surface area contributed by atoms with Gasteiger partial charge in [-0.15, -0.1) is 0 Å². The Morgan fingerprint density at radius 1 is 1.22 bits per heavy atom. The second kappa shape index (κ2) is 8.89. The lowest BCUT2D eigenvalue weighted by molar-refractivity contribution is -0.124. The van der Waals surface area contributed by atoms with E-state index in [1.165, 1.54) is 42.0 Å². The van der Waals surface area contributed by atoms with Gasteiger partial charge in [0.05, 0.1) is 12.0 Å². The van der Waals surface area contributed by atoms with Crippen LogP contribution in [0.5, 0.6) is 5.75 Å². The van der Waals surface area contributed by atoms with Crippen LogP contribution >= 0.6 is 0 Å². The number of sulfonamides is 1. The number of carbonyl (C=O) groups excluding carboxylic acids is 1. The molecular weight excluding hydrogens is 364 g/mol. The normalized spacial score (nSPS) is 20.9. The molecule has 1 heterocycles. The molecule has 1 aromatic carbocycles. The number of methoxy groups -OCH3 is 1. The Morgan fingerprint density at radius 2 is 2.00 bits per heavy atom. The van der Waals surface area contributed by atoms with E-state index in [1.54, 1.807) is 12.1 Å². The van der Waals surface area contributed by atoms with Gasteiger partial charge in [-0.3, -0.25) is 4.79 Å². The fraction of sp³-hybridized carbons (Fsp3) is 0.550. The maximum atomic E-state index is 13.0. The zero-order chi connectivity index (χ0) is 19.3. The first-order valence-electron chi connectivity index (χ1n) is 9.64. The van der Waals surface area contributed by atoms with Gasteiger partial charge in [-0.1, -0.05) is 11.6 Å². The summed E-state index contributed by atoms with van der Waals surface area (Å²) in [4.78, 5) is 12.8. The number of rotatable bonds is 7. The van der Waals surface area contributed by atoms with E-state index in [9.17, 15) is 13.2 Å². The van der Waals surface area contributed by atoms with Gasteiger partial charge < -0.3 is 10.1 Å². The largest absolute Gasteiger partial charge is 0.497 e. The fourth-order valence-electron chi connectivity index (χ4n) is 3.77. The SMILES string of the molecule is COc1ccc(S(=O)(=O)N2CCC[C@@H]2C(=O)NCCC2=CCCCC2)cc1. The summed E-state index contributed by atoms with van der Waals surface area (Å²) >= 11 is 0. The van der Waals surface area contributed by atoms with Crippen molar-refractivity contribution in [2.24, 2.45) is 0 Å². The molecule has 148 valence electrons. The van der Waals surface area contributed by atoms with Crippen LogP contribution in [0.25, 0.3) is 0 Å². The standard InChI is InChI=1S/C20H28N2O4S/c1-26-17-9-11-18(12-10-17)27(24,25)22-15-5-8-19(22)20(23)21-14-13-16-6-3-2-4-7-16/h6,9-12,19H,2-5,7-8,13-15H2,1H3,(H,21,23)/t19-/m1/s1. The number of hydrogen-bond acceptors (Lipinski definition) is 4. The van der Waals surface area contributed by atoms with E-state index in [0.717, 1.165) is 19.3 Å². The monoisotopic (exact) mass is 392 g/mol. The molecule has 1 fully saturated rings. The van der Waals surface area contributed by atoms with E-state index in [2.05, 4.69) is 11.4 Å². The Labute approximate surface area is 161 Å². The molecular formula is C20H28N2O4S. The van der Waals surface area contributed by atoms with Gasteiger partial charge in [0.2, 0.25) is 15.9 Å². The van der Waals surface area contributed by atoms with E-state index in [1.807, 2.05) is 0 Å². The molecule has 1 saturated heterocycles. The van der Waals surface area contributed by atoms with Gasteiger partial charge in [0.25, 0.3) is 0 Å². The molecule has 0 bridgehead atoms. The molecule has 0 radical (unpaired) electrons. The molecule has 0 aromatic heterocycles. The first-order valence-corrected chi connectivity index (χ1v) is 11.1. The van der Waals surface area contributed by atoms with Crippen molar-refractivity contribution in [3.63, 3.8) is 0 Å². The van der Waals surface area contributed by atoms with Crippen LogP contribution in [-0.4, -0.2) is 44.9 Å². The fourth-order valence-corrected chi connectivity index (χ4v) is 5.43. The van der Waals surface area contributed by atoms with Crippen LogP contribution in [0, 0.1) is 0 Å². The zero-order valence-electron chi connectivity index (χ0n) is 15.8. The van der Waals surface area contributed by atoms with Crippen molar-refractivity contribution in [2.45, 2.75) is 55.9 Å². The molecule has 0 unspecified atom stereocenters. The molecule has 1 aliphatic heterocycles. The van der Waals surface area contributed by atoms with Gasteiger partial charge in [-0.25, -0.2) is 8.42 Å². The minimum Gasteiger partial charge on any atom is -0.497 e. The van der Waals surface area contributed by atoms with Gasteiger partial charge in [0.1, 0.15) is 11.8 Å². The molecule has 7 heteroatoms. The molecule has 0 saturated carbocycles. The number of nitrogens with zero attached hydrogens (tertiary/aromatic N) is 1. The van der Waals surface area contributed by atoms with E-state index in [0.29, 0.717) is 31.7 Å². The maximum absolute atomic E-state index is 13.0. The summed E-state index contributed by atoms with van der Waals surface area (Å²) in [5, 5.41) is 2.94. The number of carbonyl (C=O) groups is 1. The molecule has 1 aromatic rings. The summed E-state index contributed by atoms with van der Waals surface area (Å²) in [6, 6.07) is 5.66. The first kappa shape index (κ1) is 19.9. The van der Waals surface area contributed by atoms with E-state index in [-0.39, 0.29) is 10.8 Å². The summed E-state index contributed by atoms with van der Waals surface area (Å²) in [6.45, 7) is 0.940. The van der Waals surface area contributed by atoms with Crippen LogP contribution in [0.15, 0.2) is 40.8 Å². The molecule has 1 aliphatic carbocycles. The third-order valence-corrected chi connectivity index (χ3v) is 7.23. The lowest BCUT2D eigenvalue weighted by atomic mass is 9.97. The van der Waals surface area contributed by atoms with E-state index < -0.39 is 16.1 Å². The highest BCUT2D eigenvalue weighted by atomic mass is 32.2. The lowest BCUT2D eigenvalue weighted by Gasteiger charge is -2.23. The van der Waals surface area contributed by atoms with Crippen LogP contribution in [0.2, 0.25) is 0 Å². The Hall–Kier alpha value is -1.86. The van der Waals surface area contributed by atoms with Crippen molar-refractivity contribution in [2.75, 3.05) is 20.2 Å². The lowest BCUT2D eigenvalue weighted by Crippen LogP contribution is -2.46. The second-order valence-electron chi connectivity index (χ2n) is 7.10. The van der Waals surface area contributed by atoms with Gasteiger partial charge in [-0.2, -0.15) is 4.31 Å². The summed E-state index contributed by atoms with van der Waals surface area (Å²) < 4.78 is 32.4. The van der Waals surface area contributed by atoms with Crippen molar-refractivity contribution in [1.29, 1.82) is 0 Å². The maximum Gasteiger partial charge on any atom is 0.243 e. The van der Waals surface area contributed by atoms with Crippen LogP contribution < -0.4 is 10.1 Å².